The molecule has 6 heteroatoms. The minimum Gasteiger partial charge on any atom is -0.361 e. The number of nitrogens with zero attached hydrogens (tertiary/aromatic N) is 2. The SMILES string of the molecule is Cc1noc(C)c1C(C)NC(=O)C(C)N1CCNCC1. The molecule has 1 saturated heterocycles. The molecular formula is C14H24N4O2. The second-order valence-electron chi connectivity index (χ2n) is 5.43. The number of piperazine rings is 1. The Labute approximate surface area is 119 Å². The molecule has 1 aromatic heterocycles. The Hall–Kier alpha value is -1.40. The highest BCUT2D eigenvalue weighted by Crippen LogP contribution is 2.21. The Morgan fingerprint density at radius 2 is 2.00 bits per heavy atom. The molecule has 0 radical (unpaired) electrons. The van der Waals surface area contributed by atoms with Crippen molar-refractivity contribution in [3.63, 3.8) is 0 Å². The fourth-order valence-electron chi connectivity index (χ4n) is 2.75. The van der Waals surface area contributed by atoms with Crippen LogP contribution in [0.25, 0.3) is 0 Å². The molecule has 1 aromatic rings. The molecule has 20 heavy (non-hydrogen) atoms. The van der Waals surface area contributed by atoms with Gasteiger partial charge < -0.3 is 15.2 Å². The maximum Gasteiger partial charge on any atom is 0.237 e. The summed E-state index contributed by atoms with van der Waals surface area (Å²) in [6.07, 6.45) is 0. The van der Waals surface area contributed by atoms with E-state index >= 15 is 0 Å². The monoisotopic (exact) mass is 280 g/mol. The number of aryl methyl sites for hydroxylation is 2. The summed E-state index contributed by atoms with van der Waals surface area (Å²) in [6.45, 7) is 11.4. The van der Waals surface area contributed by atoms with Crippen molar-refractivity contribution in [3.8, 4) is 0 Å². The molecule has 2 N–H and O–H groups in total. The average molecular weight is 280 g/mol. The first-order valence-electron chi connectivity index (χ1n) is 7.18. The summed E-state index contributed by atoms with van der Waals surface area (Å²) < 4.78 is 5.15. The molecule has 6 nitrogen and oxygen atoms in total. The number of hydrogen-bond acceptors (Lipinski definition) is 5. The summed E-state index contributed by atoms with van der Waals surface area (Å²) in [5.41, 5.74) is 1.82. The predicted octanol–water partition coefficient (Wildman–Crippen LogP) is 0.762. The molecule has 1 aliphatic heterocycles. The molecule has 2 heterocycles. The Kier molecular flexibility index (Phi) is 4.77. The van der Waals surface area contributed by atoms with Crippen molar-refractivity contribution in [3.05, 3.63) is 17.0 Å². The fraction of sp³-hybridized carbons (Fsp3) is 0.714. The molecule has 112 valence electrons. The third-order valence-electron chi connectivity index (χ3n) is 3.96. The highest BCUT2D eigenvalue weighted by molar-refractivity contribution is 5.81. The fourth-order valence-corrected chi connectivity index (χ4v) is 2.75. The average Bonchev–Trinajstić information content (AvgIpc) is 2.78. The molecule has 1 fully saturated rings. The van der Waals surface area contributed by atoms with Crippen LogP contribution in [0, 0.1) is 13.8 Å². The molecule has 0 bridgehead atoms. The van der Waals surface area contributed by atoms with E-state index in [1.807, 2.05) is 27.7 Å². The first kappa shape index (κ1) is 15.0. The van der Waals surface area contributed by atoms with Gasteiger partial charge in [0.2, 0.25) is 5.91 Å². The Morgan fingerprint density at radius 1 is 1.35 bits per heavy atom. The van der Waals surface area contributed by atoms with Gasteiger partial charge in [0.25, 0.3) is 0 Å². The van der Waals surface area contributed by atoms with Gasteiger partial charge in [0.1, 0.15) is 5.76 Å². The quantitative estimate of drug-likeness (QED) is 0.852. The molecule has 0 saturated carbocycles. The van der Waals surface area contributed by atoms with Gasteiger partial charge in [-0.15, -0.1) is 0 Å². The summed E-state index contributed by atoms with van der Waals surface area (Å²) in [7, 11) is 0. The summed E-state index contributed by atoms with van der Waals surface area (Å²) in [4.78, 5) is 14.5. The lowest BCUT2D eigenvalue weighted by atomic mass is 10.1. The second-order valence-corrected chi connectivity index (χ2v) is 5.43. The van der Waals surface area contributed by atoms with Crippen molar-refractivity contribution in [1.29, 1.82) is 0 Å². The van der Waals surface area contributed by atoms with E-state index in [9.17, 15) is 4.79 Å². The van der Waals surface area contributed by atoms with E-state index in [0.717, 1.165) is 43.2 Å². The van der Waals surface area contributed by atoms with E-state index in [-0.39, 0.29) is 18.0 Å². The van der Waals surface area contributed by atoms with Crippen molar-refractivity contribution >= 4 is 5.91 Å². The Morgan fingerprint density at radius 3 is 2.55 bits per heavy atom. The van der Waals surface area contributed by atoms with Crippen LogP contribution >= 0.6 is 0 Å². The zero-order valence-electron chi connectivity index (χ0n) is 12.7. The number of amides is 1. The van der Waals surface area contributed by atoms with Crippen molar-refractivity contribution in [2.75, 3.05) is 26.2 Å². The summed E-state index contributed by atoms with van der Waals surface area (Å²) in [5, 5.41) is 10.3. The van der Waals surface area contributed by atoms with E-state index < -0.39 is 0 Å². The highest BCUT2D eigenvalue weighted by Gasteiger charge is 2.25. The number of carbonyl (C=O) groups is 1. The predicted molar refractivity (Wildman–Crippen MR) is 76.4 cm³/mol. The lowest BCUT2D eigenvalue weighted by molar-refractivity contribution is -0.126. The van der Waals surface area contributed by atoms with Crippen LogP contribution in [0.3, 0.4) is 0 Å². The van der Waals surface area contributed by atoms with Crippen molar-refractivity contribution in [1.82, 2.24) is 20.7 Å². The number of hydrogen-bond donors (Lipinski definition) is 2. The molecule has 2 atom stereocenters. The van der Waals surface area contributed by atoms with Crippen LogP contribution in [-0.2, 0) is 4.79 Å². The second kappa shape index (κ2) is 6.37. The van der Waals surface area contributed by atoms with Crippen LogP contribution in [0.1, 0.15) is 36.9 Å². The maximum absolute atomic E-state index is 12.3. The number of rotatable bonds is 4. The summed E-state index contributed by atoms with van der Waals surface area (Å²) in [6, 6.07) is -0.195. The third kappa shape index (κ3) is 3.19. The minimum absolute atomic E-state index is 0.0550. The third-order valence-corrected chi connectivity index (χ3v) is 3.96. The van der Waals surface area contributed by atoms with Crippen LogP contribution in [-0.4, -0.2) is 48.2 Å². The van der Waals surface area contributed by atoms with Gasteiger partial charge in [0, 0.05) is 31.7 Å². The van der Waals surface area contributed by atoms with E-state index in [1.54, 1.807) is 0 Å². The van der Waals surface area contributed by atoms with Crippen molar-refractivity contribution < 1.29 is 9.32 Å². The molecule has 1 aliphatic rings. The van der Waals surface area contributed by atoms with Crippen molar-refractivity contribution in [2.45, 2.75) is 39.8 Å². The van der Waals surface area contributed by atoms with Crippen LogP contribution < -0.4 is 10.6 Å². The Bertz CT molecular complexity index is 446. The van der Waals surface area contributed by atoms with E-state index in [1.165, 1.54) is 0 Å². The zero-order valence-corrected chi connectivity index (χ0v) is 12.7. The van der Waals surface area contributed by atoms with Gasteiger partial charge >= 0.3 is 0 Å². The molecule has 0 aromatic carbocycles. The number of aromatic nitrogens is 1. The lowest BCUT2D eigenvalue weighted by Gasteiger charge is -2.32. The first-order chi connectivity index (χ1) is 9.50. The zero-order chi connectivity index (χ0) is 14.7. The van der Waals surface area contributed by atoms with Crippen molar-refractivity contribution in [2.24, 2.45) is 0 Å². The standard InChI is InChI=1S/C14H24N4O2/c1-9(13-10(2)17-20-12(13)4)16-14(19)11(3)18-7-5-15-6-8-18/h9,11,15H,5-8H2,1-4H3,(H,16,19). The summed E-state index contributed by atoms with van der Waals surface area (Å²) >= 11 is 0. The van der Waals surface area contributed by atoms with Gasteiger partial charge in [-0.2, -0.15) is 0 Å². The topological polar surface area (TPSA) is 70.4 Å². The van der Waals surface area contributed by atoms with E-state index in [2.05, 4.69) is 20.7 Å². The molecular weight excluding hydrogens is 256 g/mol. The molecule has 2 rings (SSSR count). The minimum atomic E-state index is -0.111. The van der Waals surface area contributed by atoms with Gasteiger partial charge in [0.05, 0.1) is 17.8 Å². The molecule has 0 spiro atoms. The normalized spacial score (nSPS) is 19.6. The number of nitrogens with one attached hydrogen (secondary N) is 2. The van der Waals surface area contributed by atoms with Gasteiger partial charge in [-0.25, -0.2) is 0 Å². The van der Waals surface area contributed by atoms with Gasteiger partial charge in [0.15, 0.2) is 0 Å². The Balaban J connectivity index is 1.96. The van der Waals surface area contributed by atoms with Crippen LogP contribution in [0.15, 0.2) is 4.52 Å². The van der Waals surface area contributed by atoms with E-state index in [4.69, 9.17) is 4.52 Å². The van der Waals surface area contributed by atoms with Gasteiger partial charge in [-0.3, -0.25) is 9.69 Å². The molecule has 1 amide bonds. The smallest absolute Gasteiger partial charge is 0.237 e. The van der Waals surface area contributed by atoms with E-state index in [0.29, 0.717) is 0 Å². The highest BCUT2D eigenvalue weighted by atomic mass is 16.5. The number of carbonyl (C=O) groups excluding carboxylic acids is 1. The van der Waals surface area contributed by atoms with Crippen LogP contribution in [0.5, 0.6) is 0 Å². The largest absolute Gasteiger partial charge is 0.361 e. The summed E-state index contributed by atoms with van der Waals surface area (Å²) in [5.74, 6) is 0.824. The first-order valence-corrected chi connectivity index (χ1v) is 7.18. The molecule has 2 unspecified atom stereocenters. The maximum atomic E-state index is 12.3. The van der Waals surface area contributed by atoms with Gasteiger partial charge in [-0.05, 0) is 27.7 Å². The molecule has 0 aliphatic carbocycles. The van der Waals surface area contributed by atoms with Gasteiger partial charge in [-0.1, -0.05) is 5.16 Å². The lowest BCUT2D eigenvalue weighted by Crippen LogP contribution is -2.52. The van der Waals surface area contributed by atoms with Crippen LogP contribution in [0.4, 0.5) is 0 Å². The van der Waals surface area contributed by atoms with Crippen LogP contribution in [0.2, 0.25) is 0 Å².